The minimum Gasteiger partial charge on any atom is -0.336 e. The van der Waals surface area contributed by atoms with Gasteiger partial charge in [0.05, 0.1) is 12.1 Å². The number of hydrogen-bond acceptors (Lipinski definition) is 6. The van der Waals surface area contributed by atoms with Crippen molar-refractivity contribution in [2.45, 2.75) is 6.92 Å². The minimum atomic E-state index is -0.260. The molecule has 112 valence electrons. The number of carbonyl (C=O) groups is 2. The molecule has 3 rings (SSSR count). The summed E-state index contributed by atoms with van der Waals surface area (Å²) in [6.45, 7) is 2.53. The molecule has 0 bridgehead atoms. The standard InChI is InChI=1S/C14H14N6O2/c1-9-2-3-17-14(18-9)19-12(21)10-7-20(8-10)13(22)11-6-15-4-5-16-11/h2-6,10H,7-8H2,1H3,(H,17,18,19,21). The van der Waals surface area contributed by atoms with Crippen molar-refractivity contribution in [2.75, 3.05) is 18.4 Å². The summed E-state index contributed by atoms with van der Waals surface area (Å²) in [7, 11) is 0. The number of aromatic nitrogens is 4. The highest BCUT2D eigenvalue weighted by molar-refractivity contribution is 5.96. The lowest BCUT2D eigenvalue weighted by Crippen LogP contribution is -2.54. The van der Waals surface area contributed by atoms with Crippen molar-refractivity contribution in [3.8, 4) is 0 Å². The lowest BCUT2D eigenvalue weighted by atomic mass is 9.99. The van der Waals surface area contributed by atoms with Gasteiger partial charge in [-0.2, -0.15) is 0 Å². The summed E-state index contributed by atoms with van der Waals surface area (Å²) in [5.74, 6) is -0.383. The normalized spacial score (nSPS) is 14.3. The molecule has 0 aliphatic carbocycles. The number of carbonyl (C=O) groups excluding carboxylic acids is 2. The summed E-state index contributed by atoms with van der Waals surface area (Å²) < 4.78 is 0. The Morgan fingerprint density at radius 2 is 2.05 bits per heavy atom. The molecule has 1 aliphatic heterocycles. The molecule has 2 aromatic heterocycles. The Morgan fingerprint density at radius 3 is 2.73 bits per heavy atom. The van der Waals surface area contributed by atoms with Gasteiger partial charge in [-0.05, 0) is 13.0 Å². The molecule has 8 nitrogen and oxygen atoms in total. The monoisotopic (exact) mass is 298 g/mol. The number of hydrogen-bond donors (Lipinski definition) is 1. The number of nitrogens with one attached hydrogen (secondary N) is 1. The van der Waals surface area contributed by atoms with E-state index < -0.39 is 0 Å². The van der Waals surface area contributed by atoms with E-state index in [1.807, 2.05) is 6.92 Å². The van der Waals surface area contributed by atoms with Crippen LogP contribution in [0.1, 0.15) is 16.2 Å². The zero-order valence-electron chi connectivity index (χ0n) is 11.9. The van der Waals surface area contributed by atoms with Crippen LogP contribution >= 0.6 is 0 Å². The lowest BCUT2D eigenvalue weighted by Gasteiger charge is -2.37. The molecule has 3 heterocycles. The summed E-state index contributed by atoms with van der Waals surface area (Å²) in [5.41, 5.74) is 1.06. The Balaban J connectivity index is 1.55. The first-order chi connectivity index (χ1) is 10.6. The Kier molecular flexibility index (Phi) is 3.73. The summed E-state index contributed by atoms with van der Waals surface area (Å²) >= 11 is 0. The molecule has 0 radical (unpaired) electrons. The van der Waals surface area contributed by atoms with Crippen LogP contribution in [0.15, 0.2) is 30.9 Å². The van der Waals surface area contributed by atoms with Crippen LogP contribution < -0.4 is 5.32 Å². The molecule has 2 amide bonds. The molecule has 8 heteroatoms. The second-order valence-electron chi connectivity index (χ2n) is 5.01. The van der Waals surface area contributed by atoms with Crippen LogP contribution in [0, 0.1) is 12.8 Å². The van der Waals surface area contributed by atoms with E-state index in [0.29, 0.717) is 13.1 Å². The van der Waals surface area contributed by atoms with Crippen molar-refractivity contribution in [1.29, 1.82) is 0 Å². The highest BCUT2D eigenvalue weighted by Gasteiger charge is 2.36. The molecule has 0 unspecified atom stereocenters. The Hall–Kier alpha value is -2.90. The number of aryl methyl sites for hydroxylation is 1. The van der Waals surface area contributed by atoms with Gasteiger partial charge in [0.25, 0.3) is 5.91 Å². The average molecular weight is 298 g/mol. The maximum absolute atomic E-state index is 12.1. The Bertz CT molecular complexity index is 699. The zero-order valence-corrected chi connectivity index (χ0v) is 11.9. The van der Waals surface area contributed by atoms with Gasteiger partial charge in [0, 0.05) is 37.4 Å². The van der Waals surface area contributed by atoms with E-state index in [-0.39, 0.29) is 29.4 Å². The first-order valence-corrected chi connectivity index (χ1v) is 6.79. The molecule has 1 fully saturated rings. The Morgan fingerprint density at radius 1 is 1.23 bits per heavy atom. The quantitative estimate of drug-likeness (QED) is 0.873. The van der Waals surface area contributed by atoms with Crippen molar-refractivity contribution < 1.29 is 9.59 Å². The van der Waals surface area contributed by atoms with Crippen LogP contribution in [0.4, 0.5) is 5.95 Å². The number of likely N-dealkylation sites (tertiary alicyclic amines) is 1. The van der Waals surface area contributed by atoms with E-state index >= 15 is 0 Å². The maximum atomic E-state index is 12.1. The van der Waals surface area contributed by atoms with E-state index in [2.05, 4.69) is 25.3 Å². The van der Waals surface area contributed by atoms with Gasteiger partial charge >= 0.3 is 0 Å². The van der Waals surface area contributed by atoms with E-state index in [1.165, 1.54) is 18.6 Å². The van der Waals surface area contributed by atoms with E-state index in [1.54, 1.807) is 17.2 Å². The van der Waals surface area contributed by atoms with Gasteiger partial charge in [-0.1, -0.05) is 0 Å². The smallest absolute Gasteiger partial charge is 0.274 e. The molecule has 2 aromatic rings. The molecule has 22 heavy (non-hydrogen) atoms. The number of rotatable bonds is 3. The van der Waals surface area contributed by atoms with Crippen molar-refractivity contribution in [2.24, 2.45) is 5.92 Å². The molecule has 0 atom stereocenters. The largest absolute Gasteiger partial charge is 0.336 e. The summed E-state index contributed by atoms with van der Waals surface area (Å²) in [6, 6.07) is 1.75. The second-order valence-corrected chi connectivity index (χ2v) is 5.01. The van der Waals surface area contributed by atoms with Crippen LogP contribution in [-0.4, -0.2) is 49.7 Å². The summed E-state index contributed by atoms with van der Waals surface area (Å²) in [6.07, 6.45) is 5.97. The van der Waals surface area contributed by atoms with Crippen LogP contribution in [0.2, 0.25) is 0 Å². The fourth-order valence-electron chi connectivity index (χ4n) is 2.10. The molecule has 0 spiro atoms. The number of anilines is 1. The SMILES string of the molecule is Cc1ccnc(NC(=O)C2CN(C(=O)c3cnccn3)C2)n1. The van der Waals surface area contributed by atoms with Gasteiger partial charge in [0.1, 0.15) is 5.69 Å². The van der Waals surface area contributed by atoms with Crippen molar-refractivity contribution in [1.82, 2.24) is 24.8 Å². The molecule has 0 saturated carbocycles. The molecular formula is C14H14N6O2. The average Bonchev–Trinajstić information content (AvgIpc) is 2.46. The fourth-order valence-corrected chi connectivity index (χ4v) is 2.10. The highest BCUT2D eigenvalue weighted by Crippen LogP contribution is 2.19. The number of amides is 2. The summed E-state index contributed by atoms with van der Waals surface area (Å²) in [5, 5.41) is 2.66. The van der Waals surface area contributed by atoms with Crippen LogP contribution in [-0.2, 0) is 4.79 Å². The van der Waals surface area contributed by atoms with Crippen LogP contribution in [0.3, 0.4) is 0 Å². The maximum Gasteiger partial charge on any atom is 0.274 e. The predicted octanol–water partition coefficient (Wildman–Crippen LogP) is 0.286. The fraction of sp³-hybridized carbons (Fsp3) is 0.286. The van der Waals surface area contributed by atoms with Gasteiger partial charge in [-0.15, -0.1) is 0 Å². The Labute approximate surface area is 126 Å². The van der Waals surface area contributed by atoms with Crippen molar-refractivity contribution in [3.05, 3.63) is 42.2 Å². The predicted molar refractivity (Wildman–Crippen MR) is 76.8 cm³/mol. The minimum absolute atomic E-state index is 0.186. The zero-order chi connectivity index (χ0) is 15.5. The molecule has 0 aromatic carbocycles. The third-order valence-corrected chi connectivity index (χ3v) is 3.35. The molecular weight excluding hydrogens is 284 g/mol. The number of nitrogens with zero attached hydrogens (tertiary/aromatic N) is 5. The highest BCUT2D eigenvalue weighted by atomic mass is 16.2. The van der Waals surface area contributed by atoms with Gasteiger partial charge in [0.2, 0.25) is 11.9 Å². The first kappa shape index (κ1) is 14.1. The molecule has 1 N–H and O–H groups in total. The third-order valence-electron chi connectivity index (χ3n) is 3.35. The van der Waals surface area contributed by atoms with Crippen LogP contribution in [0.5, 0.6) is 0 Å². The third kappa shape index (κ3) is 2.90. The first-order valence-electron chi connectivity index (χ1n) is 6.79. The van der Waals surface area contributed by atoms with E-state index in [4.69, 9.17) is 0 Å². The topological polar surface area (TPSA) is 101 Å². The van der Waals surface area contributed by atoms with Gasteiger partial charge in [-0.25, -0.2) is 15.0 Å². The van der Waals surface area contributed by atoms with E-state index in [9.17, 15) is 9.59 Å². The van der Waals surface area contributed by atoms with Gasteiger partial charge in [-0.3, -0.25) is 19.9 Å². The van der Waals surface area contributed by atoms with Gasteiger partial charge in [0.15, 0.2) is 0 Å². The molecule has 1 aliphatic rings. The van der Waals surface area contributed by atoms with Crippen molar-refractivity contribution in [3.63, 3.8) is 0 Å². The molecule has 1 saturated heterocycles. The summed E-state index contributed by atoms with van der Waals surface area (Å²) in [4.78, 5) is 41.6. The van der Waals surface area contributed by atoms with E-state index in [0.717, 1.165) is 5.69 Å². The second kappa shape index (κ2) is 5.84. The van der Waals surface area contributed by atoms with Gasteiger partial charge < -0.3 is 4.90 Å². The lowest BCUT2D eigenvalue weighted by molar-refractivity contribution is -0.123. The van der Waals surface area contributed by atoms with Crippen molar-refractivity contribution >= 4 is 17.8 Å². The van der Waals surface area contributed by atoms with Crippen LogP contribution in [0.25, 0.3) is 0 Å².